The lowest BCUT2D eigenvalue weighted by Crippen LogP contribution is -2.38. The summed E-state index contributed by atoms with van der Waals surface area (Å²) in [5.74, 6) is -0.429. The van der Waals surface area contributed by atoms with E-state index in [1.54, 1.807) is 0 Å². The largest absolute Gasteiger partial charge is 0.423 e. The number of benzene rings is 1. The molecule has 1 heterocycles. The van der Waals surface area contributed by atoms with Crippen molar-refractivity contribution in [2.75, 3.05) is 6.54 Å². The first-order chi connectivity index (χ1) is 11.9. The van der Waals surface area contributed by atoms with E-state index in [0.29, 0.717) is 11.1 Å². The van der Waals surface area contributed by atoms with Crippen LogP contribution in [0.25, 0.3) is 11.0 Å². The van der Waals surface area contributed by atoms with Gasteiger partial charge in [-0.3, -0.25) is 9.59 Å². The van der Waals surface area contributed by atoms with Crippen molar-refractivity contribution >= 4 is 22.8 Å². The summed E-state index contributed by atoms with van der Waals surface area (Å²) >= 11 is 0. The maximum atomic E-state index is 12.2. The molecule has 132 valence electrons. The summed E-state index contributed by atoms with van der Waals surface area (Å²) in [5, 5.41) is 6.27. The third-order valence-corrected chi connectivity index (χ3v) is 4.43. The Bertz CT molecular complexity index is 881. The van der Waals surface area contributed by atoms with E-state index in [0.717, 1.165) is 29.4 Å². The first-order valence-corrected chi connectivity index (χ1v) is 8.53. The molecule has 1 saturated carbocycles. The fourth-order valence-corrected chi connectivity index (χ4v) is 2.80. The van der Waals surface area contributed by atoms with E-state index < -0.39 is 5.63 Å². The number of carbonyl (C=O) groups is 2. The number of hydrogen-bond donors (Lipinski definition) is 2. The molecule has 2 N–H and O–H groups in total. The molecule has 0 radical (unpaired) electrons. The van der Waals surface area contributed by atoms with Gasteiger partial charge in [-0.25, -0.2) is 4.79 Å². The van der Waals surface area contributed by atoms with Crippen molar-refractivity contribution in [2.24, 2.45) is 0 Å². The standard InChI is InChI=1S/C19H22N2O4/c1-11-3-6-14-12(2)15(19(24)25-16(14)9-11)7-8-17(22)20-10-18(23)21-13-4-5-13/h3,6,9,13H,4-5,7-8,10H2,1-2H3,(H,20,22)(H,21,23). The van der Waals surface area contributed by atoms with Crippen molar-refractivity contribution in [1.82, 2.24) is 10.6 Å². The highest BCUT2D eigenvalue weighted by atomic mass is 16.4. The van der Waals surface area contributed by atoms with Gasteiger partial charge < -0.3 is 15.1 Å². The van der Waals surface area contributed by atoms with E-state index in [2.05, 4.69) is 10.6 Å². The number of fused-ring (bicyclic) bond motifs is 1. The molecule has 0 bridgehead atoms. The summed E-state index contributed by atoms with van der Waals surface area (Å²) in [7, 11) is 0. The first-order valence-electron chi connectivity index (χ1n) is 8.53. The van der Waals surface area contributed by atoms with E-state index in [9.17, 15) is 14.4 Å². The number of amides is 2. The predicted octanol–water partition coefficient (Wildman–Crippen LogP) is 1.74. The Morgan fingerprint density at radius 3 is 2.68 bits per heavy atom. The molecule has 1 aliphatic carbocycles. The number of hydrogen-bond acceptors (Lipinski definition) is 4. The molecule has 2 aromatic rings. The van der Waals surface area contributed by atoms with Crippen molar-refractivity contribution < 1.29 is 14.0 Å². The zero-order chi connectivity index (χ0) is 18.0. The Kier molecular flexibility index (Phi) is 4.88. The van der Waals surface area contributed by atoms with Gasteiger partial charge in [0.15, 0.2) is 0 Å². The molecule has 0 atom stereocenters. The van der Waals surface area contributed by atoms with Crippen LogP contribution in [0.1, 0.15) is 36.0 Å². The molecule has 0 aliphatic heterocycles. The molecule has 3 rings (SSSR count). The minimum Gasteiger partial charge on any atom is -0.423 e. The van der Waals surface area contributed by atoms with Crippen molar-refractivity contribution in [3.05, 3.63) is 45.3 Å². The quantitative estimate of drug-likeness (QED) is 0.783. The molecular weight excluding hydrogens is 320 g/mol. The number of aryl methyl sites for hydroxylation is 2. The fourth-order valence-electron chi connectivity index (χ4n) is 2.80. The minimum atomic E-state index is -0.408. The van der Waals surface area contributed by atoms with E-state index >= 15 is 0 Å². The van der Waals surface area contributed by atoms with Crippen LogP contribution in [0, 0.1) is 13.8 Å². The minimum absolute atomic E-state index is 0.0279. The van der Waals surface area contributed by atoms with Gasteiger partial charge in [0.05, 0.1) is 6.54 Å². The molecule has 6 nitrogen and oxygen atoms in total. The van der Waals surface area contributed by atoms with Crippen LogP contribution in [0.4, 0.5) is 0 Å². The van der Waals surface area contributed by atoms with Crippen molar-refractivity contribution in [3.8, 4) is 0 Å². The lowest BCUT2D eigenvalue weighted by molar-refractivity contribution is -0.126. The molecular formula is C19H22N2O4. The van der Waals surface area contributed by atoms with Gasteiger partial charge in [-0.1, -0.05) is 12.1 Å². The summed E-state index contributed by atoms with van der Waals surface area (Å²) in [6.45, 7) is 3.78. The summed E-state index contributed by atoms with van der Waals surface area (Å²) in [4.78, 5) is 35.7. The molecule has 25 heavy (non-hydrogen) atoms. The molecule has 1 aliphatic rings. The van der Waals surface area contributed by atoms with Crippen LogP contribution in [0.3, 0.4) is 0 Å². The van der Waals surface area contributed by atoms with E-state index in [-0.39, 0.29) is 37.2 Å². The molecule has 1 aromatic carbocycles. The second-order valence-corrected chi connectivity index (χ2v) is 6.61. The number of nitrogens with one attached hydrogen (secondary N) is 2. The molecule has 0 spiro atoms. The Morgan fingerprint density at radius 2 is 1.96 bits per heavy atom. The summed E-state index contributed by atoms with van der Waals surface area (Å²) in [6, 6.07) is 6.00. The zero-order valence-corrected chi connectivity index (χ0v) is 14.5. The Morgan fingerprint density at radius 1 is 1.20 bits per heavy atom. The highest BCUT2D eigenvalue weighted by Gasteiger charge is 2.23. The lowest BCUT2D eigenvalue weighted by Gasteiger charge is -2.09. The molecule has 1 aromatic heterocycles. The normalized spacial score (nSPS) is 13.7. The highest BCUT2D eigenvalue weighted by molar-refractivity contribution is 5.85. The summed E-state index contributed by atoms with van der Waals surface area (Å²) in [5.41, 5.74) is 2.52. The van der Waals surface area contributed by atoms with Crippen molar-refractivity contribution in [2.45, 2.75) is 45.6 Å². The zero-order valence-electron chi connectivity index (χ0n) is 14.5. The van der Waals surface area contributed by atoms with Crippen LogP contribution >= 0.6 is 0 Å². The van der Waals surface area contributed by atoms with Crippen LogP contribution in [0.2, 0.25) is 0 Å². The number of rotatable bonds is 6. The second-order valence-electron chi connectivity index (χ2n) is 6.61. The van der Waals surface area contributed by atoms with Crippen LogP contribution in [0.5, 0.6) is 0 Å². The monoisotopic (exact) mass is 342 g/mol. The highest BCUT2D eigenvalue weighted by Crippen LogP contribution is 2.21. The maximum absolute atomic E-state index is 12.2. The number of carbonyl (C=O) groups excluding carboxylic acids is 2. The maximum Gasteiger partial charge on any atom is 0.339 e. The molecule has 2 amide bonds. The van der Waals surface area contributed by atoms with E-state index in [1.165, 1.54) is 0 Å². The van der Waals surface area contributed by atoms with E-state index in [1.807, 2.05) is 32.0 Å². The van der Waals surface area contributed by atoms with Crippen LogP contribution in [0.15, 0.2) is 27.4 Å². The van der Waals surface area contributed by atoms with Gasteiger partial charge >= 0.3 is 5.63 Å². The van der Waals surface area contributed by atoms with Gasteiger partial charge in [0.25, 0.3) is 0 Å². The van der Waals surface area contributed by atoms with Crippen molar-refractivity contribution in [3.63, 3.8) is 0 Å². The smallest absolute Gasteiger partial charge is 0.339 e. The fraction of sp³-hybridized carbons (Fsp3) is 0.421. The van der Waals surface area contributed by atoms with Gasteiger partial charge in [-0.15, -0.1) is 0 Å². The van der Waals surface area contributed by atoms with E-state index in [4.69, 9.17) is 4.42 Å². The summed E-state index contributed by atoms with van der Waals surface area (Å²) < 4.78 is 5.38. The third-order valence-electron chi connectivity index (χ3n) is 4.43. The van der Waals surface area contributed by atoms with Gasteiger partial charge in [-0.2, -0.15) is 0 Å². The van der Waals surface area contributed by atoms with Gasteiger partial charge in [0.2, 0.25) is 11.8 Å². The Labute approximate surface area is 145 Å². The molecule has 0 unspecified atom stereocenters. The lowest BCUT2D eigenvalue weighted by atomic mass is 10.0. The average molecular weight is 342 g/mol. The van der Waals surface area contributed by atoms with Crippen LogP contribution in [-0.2, 0) is 16.0 Å². The summed E-state index contributed by atoms with van der Waals surface area (Å²) in [6.07, 6.45) is 2.44. The topological polar surface area (TPSA) is 88.4 Å². The average Bonchev–Trinajstić information content (AvgIpc) is 3.36. The SMILES string of the molecule is Cc1ccc2c(C)c(CCC(=O)NCC(=O)NC3CC3)c(=O)oc2c1. The second kappa shape index (κ2) is 7.09. The van der Waals surface area contributed by atoms with Crippen LogP contribution < -0.4 is 16.3 Å². The van der Waals surface area contributed by atoms with Gasteiger partial charge in [0.1, 0.15) is 5.58 Å². The van der Waals surface area contributed by atoms with Gasteiger partial charge in [-0.05, 0) is 50.3 Å². The Balaban J connectivity index is 1.62. The first kappa shape index (κ1) is 17.2. The van der Waals surface area contributed by atoms with Crippen molar-refractivity contribution in [1.29, 1.82) is 0 Å². The van der Waals surface area contributed by atoms with Gasteiger partial charge in [0, 0.05) is 23.4 Å². The molecule has 1 fully saturated rings. The molecule has 6 heteroatoms. The van der Waals surface area contributed by atoms with Crippen LogP contribution in [-0.4, -0.2) is 24.4 Å². The third kappa shape index (κ3) is 4.26. The predicted molar refractivity (Wildman–Crippen MR) is 94.5 cm³/mol. The Hall–Kier alpha value is -2.63. The molecule has 0 saturated heterocycles.